The Morgan fingerprint density at radius 2 is 2.09 bits per heavy atom. The Hall–Kier alpha value is -0.530. The van der Waals surface area contributed by atoms with Crippen molar-refractivity contribution in [3.05, 3.63) is 0 Å². The van der Waals surface area contributed by atoms with Crippen LogP contribution in [0, 0.1) is 5.92 Å². The molecular formula is C16H33IN4O. The smallest absolute Gasteiger partial charge is 0.222 e. The molecule has 1 fully saturated rings. The van der Waals surface area contributed by atoms with Crippen LogP contribution >= 0.6 is 24.0 Å². The van der Waals surface area contributed by atoms with E-state index in [1.54, 1.807) is 0 Å². The van der Waals surface area contributed by atoms with Crippen LogP contribution < -0.4 is 10.6 Å². The molecule has 0 aromatic rings. The second-order valence-corrected chi connectivity index (χ2v) is 6.12. The van der Waals surface area contributed by atoms with E-state index in [0.29, 0.717) is 12.5 Å². The fourth-order valence-corrected chi connectivity index (χ4v) is 2.53. The van der Waals surface area contributed by atoms with E-state index < -0.39 is 0 Å². The van der Waals surface area contributed by atoms with Crippen molar-refractivity contribution in [1.29, 1.82) is 0 Å². The SMILES string of the molecule is CCNC(=NCCCC(C)C)NC1CCN(C(=O)CC)C1.I. The molecule has 0 bridgehead atoms. The van der Waals surface area contributed by atoms with Crippen LogP contribution in [-0.2, 0) is 4.79 Å². The normalized spacial score (nSPS) is 18.3. The molecule has 2 N–H and O–H groups in total. The lowest BCUT2D eigenvalue weighted by molar-refractivity contribution is -0.129. The quantitative estimate of drug-likeness (QED) is 0.286. The Morgan fingerprint density at radius 3 is 2.68 bits per heavy atom. The maximum absolute atomic E-state index is 11.7. The van der Waals surface area contributed by atoms with Crippen molar-refractivity contribution >= 4 is 35.8 Å². The molecule has 22 heavy (non-hydrogen) atoms. The summed E-state index contributed by atoms with van der Waals surface area (Å²) in [7, 11) is 0. The second kappa shape index (κ2) is 12.0. The molecule has 130 valence electrons. The molecule has 5 nitrogen and oxygen atoms in total. The molecule has 0 aromatic heterocycles. The highest BCUT2D eigenvalue weighted by molar-refractivity contribution is 14.0. The van der Waals surface area contributed by atoms with Crippen LogP contribution in [0.1, 0.15) is 53.4 Å². The van der Waals surface area contributed by atoms with E-state index in [4.69, 9.17) is 0 Å². The van der Waals surface area contributed by atoms with E-state index >= 15 is 0 Å². The van der Waals surface area contributed by atoms with Gasteiger partial charge in [0.1, 0.15) is 0 Å². The van der Waals surface area contributed by atoms with Crippen LogP contribution in [0.15, 0.2) is 4.99 Å². The van der Waals surface area contributed by atoms with Gasteiger partial charge in [-0.15, -0.1) is 24.0 Å². The fourth-order valence-electron chi connectivity index (χ4n) is 2.53. The third kappa shape index (κ3) is 8.19. The van der Waals surface area contributed by atoms with Crippen LogP contribution in [0.5, 0.6) is 0 Å². The summed E-state index contributed by atoms with van der Waals surface area (Å²) < 4.78 is 0. The molecule has 0 radical (unpaired) electrons. The largest absolute Gasteiger partial charge is 0.357 e. The van der Waals surface area contributed by atoms with Crippen molar-refractivity contribution < 1.29 is 4.79 Å². The van der Waals surface area contributed by atoms with Crippen LogP contribution in [0.25, 0.3) is 0 Å². The molecule has 1 rings (SSSR count). The lowest BCUT2D eigenvalue weighted by Crippen LogP contribution is -2.45. The van der Waals surface area contributed by atoms with E-state index in [2.05, 4.69) is 36.4 Å². The predicted molar refractivity (Wildman–Crippen MR) is 104 cm³/mol. The average Bonchev–Trinajstić information content (AvgIpc) is 2.91. The second-order valence-electron chi connectivity index (χ2n) is 6.12. The molecule has 0 spiro atoms. The number of aliphatic imine (C=N–C) groups is 1. The summed E-state index contributed by atoms with van der Waals surface area (Å²) in [6.07, 6.45) is 3.93. The van der Waals surface area contributed by atoms with Crippen molar-refractivity contribution in [2.24, 2.45) is 10.9 Å². The van der Waals surface area contributed by atoms with Crippen LogP contribution in [0.4, 0.5) is 0 Å². The number of nitrogens with zero attached hydrogens (tertiary/aromatic N) is 2. The highest BCUT2D eigenvalue weighted by Gasteiger charge is 2.25. The first-order chi connectivity index (χ1) is 10.1. The number of hydrogen-bond donors (Lipinski definition) is 2. The third-order valence-corrected chi connectivity index (χ3v) is 3.74. The summed E-state index contributed by atoms with van der Waals surface area (Å²) in [6, 6.07) is 0.323. The molecule has 0 aliphatic carbocycles. The summed E-state index contributed by atoms with van der Waals surface area (Å²) in [5.74, 6) is 1.87. The number of carbonyl (C=O) groups is 1. The van der Waals surface area contributed by atoms with Gasteiger partial charge in [0.15, 0.2) is 5.96 Å². The predicted octanol–water partition coefficient (Wildman–Crippen LogP) is 2.61. The molecule has 1 atom stereocenters. The van der Waals surface area contributed by atoms with Gasteiger partial charge in [-0.1, -0.05) is 20.8 Å². The zero-order valence-electron chi connectivity index (χ0n) is 14.5. The van der Waals surface area contributed by atoms with E-state index in [1.165, 1.54) is 6.42 Å². The molecule has 1 aliphatic heterocycles. The van der Waals surface area contributed by atoms with Gasteiger partial charge in [-0.05, 0) is 32.1 Å². The minimum atomic E-state index is 0. The van der Waals surface area contributed by atoms with Gasteiger partial charge in [-0.2, -0.15) is 0 Å². The van der Waals surface area contributed by atoms with Crippen molar-refractivity contribution in [3.8, 4) is 0 Å². The van der Waals surface area contributed by atoms with Gasteiger partial charge in [0.25, 0.3) is 0 Å². The Bertz CT molecular complexity index is 347. The van der Waals surface area contributed by atoms with E-state index in [0.717, 1.165) is 50.9 Å². The topological polar surface area (TPSA) is 56.7 Å². The number of rotatable bonds is 7. The Labute approximate surface area is 152 Å². The molecule has 1 unspecified atom stereocenters. The first kappa shape index (κ1) is 21.5. The molecule has 1 saturated heterocycles. The zero-order valence-corrected chi connectivity index (χ0v) is 16.9. The highest BCUT2D eigenvalue weighted by Crippen LogP contribution is 2.10. The van der Waals surface area contributed by atoms with Crippen LogP contribution in [0.3, 0.4) is 0 Å². The van der Waals surface area contributed by atoms with Gasteiger partial charge in [0, 0.05) is 38.6 Å². The first-order valence-corrected chi connectivity index (χ1v) is 8.39. The number of hydrogen-bond acceptors (Lipinski definition) is 2. The molecule has 0 aromatic carbocycles. The summed E-state index contributed by atoms with van der Waals surface area (Å²) in [4.78, 5) is 18.3. The zero-order chi connectivity index (χ0) is 15.7. The minimum Gasteiger partial charge on any atom is -0.357 e. The number of likely N-dealkylation sites (tertiary alicyclic amines) is 1. The molecular weight excluding hydrogens is 391 g/mol. The van der Waals surface area contributed by atoms with E-state index in [-0.39, 0.29) is 29.9 Å². The molecule has 1 amide bonds. The van der Waals surface area contributed by atoms with Gasteiger partial charge >= 0.3 is 0 Å². The van der Waals surface area contributed by atoms with Crippen LogP contribution in [-0.4, -0.2) is 49.0 Å². The lowest BCUT2D eigenvalue weighted by Gasteiger charge is -2.18. The van der Waals surface area contributed by atoms with Gasteiger partial charge in [0.05, 0.1) is 0 Å². The van der Waals surface area contributed by atoms with Crippen molar-refractivity contribution in [3.63, 3.8) is 0 Å². The summed E-state index contributed by atoms with van der Waals surface area (Å²) in [5, 5.41) is 6.75. The minimum absolute atomic E-state index is 0. The van der Waals surface area contributed by atoms with E-state index in [1.807, 2.05) is 11.8 Å². The standard InChI is InChI=1S/C16H32N4O.HI/c1-5-15(21)20-11-9-14(12-20)19-16(17-6-2)18-10-7-8-13(3)4;/h13-14H,5-12H2,1-4H3,(H2,17,18,19);1H. The number of guanidine groups is 1. The number of carbonyl (C=O) groups excluding carboxylic acids is 1. The average molecular weight is 424 g/mol. The summed E-state index contributed by atoms with van der Waals surface area (Å²) >= 11 is 0. The van der Waals surface area contributed by atoms with Crippen molar-refractivity contribution in [1.82, 2.24) is 15.5 Å². The summed E-state index contributed by atoms with van der Waals surface area (Å²) in [5.41, 5.74) is 0. The Kier molecular flexibility index (Phi) is 11.7. The van der Waals surface area contributed by atoms with E-state index in [9.17, 15) is 4.79 Å². The van der Waals surface area contributed by atoms with Crippen LogP contribution in [0.2, 0.25) is 0 Å². The molecule has 6 heteroatoms. The van der Waals surface area contributed by atoms with Crippen molar-refractivity contribution in [2.75, 3.05) is 26.2 Å². The number of nitrogens with one attached hydrogen (secondary N) is 2. The first-order valence-electron chi connectivity index (χ1n) is 8.39. The highest BCUT2D eigenvalue weighted by atomic mass is 127. The van der Waals surface area contributed by atoms with Gasteiger partial charge in [-0.25, -0.2) is 0 Å². The third-order valence-electron chi connectivity index (χ3n) is 3.74. The molecule has 0 saturated carbocycles. The summed E-state index contributed by atoms with van der Waals surface area (Å²) in [6.45, 7) is 11.9. The van der Waals surface area contributed by atoms with Gasteiger partial charge in [0.2, 0.25) is 5.91 Å². The Morgan fingerprint density at radius 1 is 1.36 bits per heavy atom. The van der Waals surface area contributed by atoms with Crippen molar-refractivity contribution in [2.45, 2.75) is 59.4 Å². The lowest BCUT2D eigenvalue weighted by atomic mass is 10.1. The molecule has 1 heterocycles. The van der Waals surface area contributed by atoms with Gasteiger partial charge in [-0.3, -0.25) is 9.79 Å². The molecule has 1 aliphatic rings. The maximum atomic E-state index is 11.7. The number of halogens is 1. The van der Waals surface area contributed by atoms with Gasteiger partial charge < -0.3 is 15.5 Å². The maximum Gasteiger partial charge on any atom is 0.222 e. The Balaban J connectivity index is 0.00000441. The fraction of sp³-hybridized carbons (Fsp3) is 0.875. The number of amides is 1. The monoisotopic (exact) mass is 424 g/mol.